The van der Waals surface area contributed by atoms with Crippen molar-refractivity contribution in [3.63, 3.8) is 0 Å². The molecular weight excluding hydrogens is 276 g/mol. The van der Waals surface area contributed by atoms with E-state index in [0.717, 1.165) is 0 Å². The number of aromatic nitrogens is 2. The molecule has 6 heteroatoms. The molecule has 0 fully saturated rings. The van der Waals surface area contributed by atoms with E-state index in [4.69, 9.17) is 17.3 Å². The first-order valence-corrected chi connectivity index (χ1v) is 6.32. The molecule has 1 aromatic heterocycles. The Morgan fingerprint density at radius 3 is 3.05 bits per heavy atom. The summed E-state index contributed by atoms with van der Waals surface area (Å²) < 4.78 is 1.54. The van der Waals surface area contributed by atoms with Gasteiger partial charge in [0.05, 0.1) is 11.6 Å². The molecular formula is C14H13ClN4O. The van der Waals surface area contributed by atoms with Crippen LogP contribution in [0, 0.1) is 11.8 Å². The van der Waals surface area contributed by atoms with Crippen LogP contribution >= 0.6 is 11.6 Å². The lowest BCUT2D eigenvalue weighted by Gasteiger charge is -2.06. The average molecular weight is 289 g/mol. The van der Waals surface area contributed by atoms with Gasteiger partial charge < -0.3 is 11.1 Å². The Labute approximate surface area is 121 Å². The van der Waals surface area contributed by atoms with Gasteiger partial charge >= 0.3 is 0 Å². The summed E-state index contributed by atoms with van der Waals surface area (Å²) in [6.07, 6.45) is 3.34. The maximum Gasteiger partial charge on any atom is 0.246 e. The molecule has 102 valence electrons. The molecule has 2 aromatic rings. The van der Waals surface area contributed by atoms with Gasteiger partial charge in [-0.2, -0.15) is 5.10 Å². The number of rotatable bonds is 3. The fourth-order valence-corrected chi connectivity index (χ4v) is 1.75. The van der Waals surface area contributed by atoms with E-state index in [2.05, 4.69) is 22.3 Å². The minimum absolute atomic E-state index is 0.152. The van der Waals surface area contributed by atoms with Crippen molar-refractivity contribution in [3.05, 3.63) is 47.2 Å². The molecule has 0 spiro atoms. The van der Waals surface area contributed by atoms with E-state index in [1.54, 1.807) is 41.3 Å². The number of benzene rings is 1. The first-order valence-electron chi connectivity index (χ1n) is 5.95. The molecule has 1 heterocycles. The van der Waals surface area contributed by atoms with Crippen LogP contribution in [0.4, 0.5) is 5.69 Å². The number of nitrogens with two attached hydrogens (primary N) is 1. The molecule has 3 N–H and O–H groups in total. The molecule has 0 aliphatic heterocycles. The molecule has 0 aliphatic rings. The third-order valence-corrected chi connectivity index (χ3v) is 2.77. The summed E-state index contributed by atoms with van der Waals surface area (Å²) in [4.78, 5) is 11.8. The SMILES string of the molecule is NCC#Cc1cc(NC(=O)Cn2cccn2)ccc1Cl. The summed E-state index contributed by atoms with van der Waals surface area (Å²) in [5, 5.41) is 7.26. The minimum atomic E-state index is -0.172. The molecule has 1 aromatic carbocycles. The summed E-state index contributed by atoms with van der Waals surface area (Å²) >= 11 is 6.01. The van der Waals surface area contributed by atoms with Gasteiger partial charge in [-0.25, -0.2) is 0 Å². The van der Waals surface area contributed by atoms with Crippen LogP contribution < -0.4 is 11.1 Å². The predicted octanol–water partition coefficient (Wildman–Crippen LogP) is 1.49. The summed E-state index contributed by atoms with van der Waals surface area (Å²) in [5.41, 5.74) is 6.59. The second-order valence-corrected chi connectivity index (χ2v) is 4.36. The van der Waals surface area contributed by atoms with Crippen molar-refractivity contribution >= 4 is 23.2 Å². The van der Waals surface area contributed by atoms with E-state index in [1.807, 2.05) is 0 Å². The quantitative estimate of drug-likeness (QED) is 0.841. The van der Waals surface area contributed by atoms with Gasteiger partial charge in [-0.15, -0.1) is 0 Å². The van der Waals surface area contributed by atoms with Gasteiger partial charge in [0, 0.05) is 23.6 Å². The largest absolute Gasteiger partial charge is 0.324 e. The van der Waals surface area contributed by atoms with Crippen LogP contribution in [0.15, 0.2) is 36.7 Å². The molecule has 0 radical (unpaired) electrons. The number of carbonyl (C=O) groups excluding carboxylic acids is 1. The maximum atomic E-state index is 11.8. The van der Waals surface area contributed by atoms with Crippen molar-refractivity contribution in [2.24, 2.45) is 5.73 Å². The van der Waals surface area contributed by atoms with Crippen molar-refractivity contribution in [2.45, 2.75) is 6.54 Å². The molecule has 0 saturated heterocycles. The highest BCUT2D eigenvalue weighted by atomic mass is 35.5. The summed E-state index contributed by atoms with van der Waals surface area (Å²) in [5.74, 6) is 5.41. The van der Waals surface area contributed by atoms with Crippen molar-refractivity contribution in [1.29, 1.82) is 0 Å². The fourth-order valence-electron chi connectivity index (χ4n) is 1.59. The van der Waals surface area contributed by atoms with Crippen LogP contribution in [0.2, 0.25) is 5.02 Å². The van der Waals surface area contributed by atoms with Crippen molar-refractivity contribution in [3.8, 4) is 11.8 Å². The highest BCUT2D eigenvalue weighted by Crippen LogP contribution is 2.19. The van der Waals surface area contributed by atoms with Crippen molar-refractivity contribution in [1.82, 2.24) is 9.78 Å². The standard InChI is InChI=1S/C14H13ClN4O/c15-13-5-4-12(9-11(13)3-1-6-16)18-14(20)10-19-8-2-7-17-19/h2,4-5,7-9H,6,10,16H2,(H,18,20). The third kappa shape index (κ3) is 3.85. The second kappa shape index (κ2) is 6.75. The van der Waals surface area contributed by atoms with E-state index in [9.17, 15) is 4.79 Å². The first-order chi connectivity index (χ1) is 9.69. The minimum Gasteiger partial charge on any atom is -0.324 e. The summed E-state index contributed by atoms with van der Waals surface area (Å²) in [7, 11) is 0. The molecule has 20 heavy (non-hydrogen) atoms. The molecule has 0 atom stereocenters. The molecule has 5 nitrogen and oxygen atoms in total. The Morgan fingerprint density at radius 1 is 1.50 bits per heavy atom. The fraction of sp³-hybridized carbons (Fsp3) is 0.143. The predicted molar refractivity (Wildman–Crippen MR) is 78.2 cm³/mol. The van der Waals surface area contributed by atoms with Gasteiger partial charge in [0.2, 0.25) is 5.91 Å². The van der Waals surface area contributed by atoms with Gasteiger partial charge in [-0.3, -0.25) is 9.48 Å². The average Bonchev–Trinajstić information content (AvgIpc) is 2.92. The Morgan fingerprint density at radius 2 is 2.35 bits per heavy atom. The van der Waals surface area contributed by atoms with E-state index in [-0.39, 0.29) is 19.0 Å². The molecule has 2 rings (SSSR count). The van der Waals surface area contributed by atoms with Crippen LogP contribution in [0.25, 0.3) is 0 Å². The van der Waals surface area contributed by atoms with Crippen LogP contribution in [-0.2, 0) is 11.3 Å². The van der Waals surface area contributed by atoms with Crippen LogP contribution in [0.1, 0.15) is 5.56 Å². The molecule has 1 amide bonds. The highest BCUT2D eigenvalue weighted by molar-refractivity contribution is 6.31. The molecule has 0 aliphatic carbocycles. The van der Waals surface area contributed by atoms with Crippen LogP contribution in [0.3, 0.4) is 0 Å². The topological polar surface area (TPSA) is 72.9 Å². The Kier molecular flexibility index (Phi) is 4.77. The second-order valence-electron chi connectivity index (χ2n) is 3.95. The molecule has 0 unspecified atom stereocenters. The van der Waals surface area contributed by atoms with E-state index in [0.29, 0.717) is 16.3 Å². The number of hydrogen-bond acceptors (Lipinski definition) is 3. The zero-order valence-electron chi connectivity index (χ0n) is 10.6. The van der Waals surface area contributed by atoms with Gasteiger partial charge in [0.15, 0.2) is 0 Å². The number of anilines is 1. The lowest BCUT2D eigenvalue weighted by Crippen LogP contribution is -2.19. The smallest absolute Gasteiger partial charge is 0.246 e. The van der Waals surface area contributed by atoms with Gasteiger partial charge in [0.1, 0.15) is 6.54 Å². The number of nitrogens with zero attached hydrogens (tertiary/aromatic N) is 2. The normalized spacial score (nSPS) is 9.70. The van der Waals surface area contributed by atoms with Crippen LogP contribution in [0.5, 0.6) is 0 Å². The zero-order chi connectivity index (χ0) is 14.4. The lowest BCUT2D eigenvalue weighted by molar-refractivity contribution is -0.116. The number of carbonyl (C=O) groups is 1. The number of hydrogen-bond donors (Lipinski definition) is 2. The van der Waals surface area contributed by atoms with E-state index < -0.39 is 0 Å². The Bertz CT molecular complexity index is 656. The lowest BCUT2D eigenvalue weighted by atomic mass is 10.2. The molecule has 0 bridgehead atoms. The first kappa shape index (κ1) is 14.1. The van der Waals surface area contributed by atoms with Crippen LogP contribution in [-0.4, -0.2) is 22.2 Å². The summed E-state index contributed by atoms with van der Waals surface area (Å²) in [6, 6.07) is 6.88. The van der Waals surface area contributed by atoms with Gasteiger partial charge in [-0.1, -0.05) is 23.4 Å². The van der Waals surface area contributed by atoms with E-state index in [1.165, 1.54) is 0 Å². The monoisotopic (exact) mass is 288 g/mol. The third-order valence-electron chi connectivity index (χ3n) is 2.44. The van der Waals surface area contributed by atoms with Gasteiger partial charge in [-0.05, 0) is 24.3 Å². The Balaban J connectivity index is 2.07. The van der Waals surface area contributed by atoms with E-state index >= 15 is 0 Å². The number of amides is 1. The molecule has 0 saturated carbocycles. The maximum absolute atomic E-state index is 11.8. The number of nitrogens with one attached hydrogen (secondary N) is 1. The zero-order valence-corrected chi connectivity index (χ0v) is 11.4. The van der Waals surface area contributed by atoms with Crippen molar-refractivity contribution in [2.75, 3.05) is 11.9 Å². The summed E-state index contributed by atoms with van der Waals surface area (Å²) in [6.45, 7) is 0.408. The Hall–Kier alpha value is -2.29. The van der Waals surface area contributed by atoms with Crippen molar-refractivity contribution < 1.29 is 4.79 Å². The van der Waals surface area contributed by atoms with Gasteiger partial charge in [0.25, 0.3) is 0 Å². The number of halogens is 1. The highest BCUT2D eigenvalue weighted by Gasteiger charge is 2.05.